The number of rotatable bonds is 4. The minimum absolute atomic E-state index is 0.513. The summed E-state index contributed by atoms with van der Waals surface area (Å²) in [6, 6.07) is 12.5. The first-order valence-electron chi connectivity index (χ1n) is 13.6. The largest absolute Gasteiger partial charge is 0.353 e. The monoisotopic (exact) mass is 521 g/mol. The van der Waals surface area contributed by atoms with E-state index in [0.29, 0.717) is 22.9 Å². The van der Waals surface area contributed by atoms with Crippen LogP contribution in [0.2, 0.25) is 5.02 Å². The normalized spacial score (nSPS) is 21.3. The summed E-state index contributed by atoms with van der Waals surface area (Å²) < 4.78 is 0. The molecule has 0 amide bonds. The molecule has 1 aromatic carbocycles. The van der Waals surface area contributed by atoms with Crippen LogP contribution < -0.4 is 10.2 Å². The maximum absolute atomic E-state index is 6.52. The number of anilines is 1. The molecule has 0 spiro atoms. The molecule has 7 nitrogen and oxygen atoms in total. The van der Waals surface area contributed by atoms with E-state index in [1.807, 2.05) is 42.7 Å². The molecule has 190 valence electrons. The number of hydrogen-bond donors (Lipinski definition) is 2. The maximum atomic E-state index is 6.52. The average molecular weight is 522 g/mol. The van der Waals surface area contributed by atoms with Gasteiger partial charge in [-0.2, -0.15) is 0 Å². The molecule has 3 aliphatic rings. The lowest BCUT2D eigenvalue weighted by Gasteiger charge is -2.33. The number of nitrogens with one attached hydrogen (secondary N) is 2. The van der Waals surface area contributed by atoms with Gasteiger partial charge in [-0.25, -0.2) is 15.0 Å². The molecule has 2 atom stereocenters. The molecule has 6 heterocycles. The van der Waals surface area contributed by atoms with Crippen LogP contribution in [0.15, 0.2) is 55.0 Å². The van der Waals surface area contributed by atoms with Crippen LogP contribution in [0.5, 0.6) is 0 Å². The molecular weight excluding hydrogens is 494 g/mol. The Hall–Kier alpha value is -3.55. The zero-order valence-corrected chi connectivity index (χ0v) is 21.7. The van der Waals surface area contributed by atoms with Crippen molar-refractivity contribution in [3.8, 4) is 22.6 Å². The number of H-pyrrole nitrogens is 1. The second kappa shape index (κ2) is 8.75. The Morgan fingerprint density at radius 2 is 1.89 bits per heavy atom. The van der Waals surface area contributed by atoms with Crippen molar-refractivity contribution < 1.29 is 0 Å². The van der Waals surface area contributed by atoms with Gasteiger partial charge in [-0.3, -0.25) is 4.98 Å². The molecule has 4 aromatic heterocycles. The smallest absolute Gasteiger partial charge is 0.163 e. The fraction of sp³-hybridized carbons (Fsp3) is 0.333. The highest BCUT2D eigenvalue weighted by Gasteiger charge is 2.38. The van der Waals surface area contributed by atoms with Crippen molar-refractivity contribution in [2.75, 3.05) is 24.5 Å². The van der Waals surface area contributed by atoms with Gasteiger partial charge in [-0.1, -0.05) is 29.8 Å². The number of piperidine rings is 1. The molecule has 1 saturated carbocycles. The number of benzene rings is 1. The van der Waals surface area contributed by atoms with Crippen LogP contribution in [0.1, 0.15) is 37.2 Å². The second-order valence-corrected chi connectivity index (χ2v) is 11.3. The van der Waals surface area contributed by atoms with Gasteiger partial charge in [0.1, 0.15) is 11.5 Å². The van der Waals surface area contributed by atoms with E-state index in [1.165, 1.54) is 30.2 Å². The molecule has 8 rings (SSSR count). The number of pyridine rings is 2. The van der Waals surface area contributed by atoms with Crippen molar-refractivity contribution in [2.24, 2.45) is 5.92 Å². The van der Waals surface area contributed by atoms with E-state index in [9.17, 15) is 0 Å². The van der Waals surface area contributed by atoms with Gasteiger partial charge in [0, 0.05) is 57.6 Å². The first-order chi connectivity index (χ1) is 18.7. The zero-order chi connectivity index (χ0) is 25.2. The van der Waals surface area contributed by atoms with Crippen molar-refractivity contribution in [3.63, 3.8) is 0 Å². The van der Waals surface area contributed by atoms with Crippen molar-refractivity contribution >= 4 is 39.4 Å². The highest BCUT2D eigenvalue weighted by Crippen LogP contribution is 2.46. The molecule has 5 aromatic rings. The van der Waals surface area contributed by atoms with E-state index < -0.39 is 0 Å². The molecule has 2 N–H and O–H groups in total. The predicted molar refractivity (Wildman–Crippen MR) is 152 cm³/mol. The fourth-order valence-corrected chi connectivity index (χ4v) is 6.75. The SMILES string of the molecule is Clc1ccccc1-c1cc2c(-c3nc(N4CC[C@@H]5CNCCC54)c4c(C5CC5)cncc4n3)ccnc2[nH]1. The highest BCUT2D eigenvalue weighted by molar-refractivity contribution is 6.33. The van der Waals surface area contributed by atoms with Gasteiger partial charge >= 0.3 is 0 Å². The molecule has 38 heavy (non-hydrogen) atoms. The molecule has 3 fully saturated rings. The van der Waals surface area contributed by atoms with Crippen LogP contribution in [0, 0.1) is 5.92 Å². The quantitative estimate of drug-likeness (QED) is 0.304. The van der Waals surface area contributed by atoms with E-state index in [-0.39, 0.29) is 0 Å². The Labute approximate surface area is 225 Å². The Bertz CT molecular complexity index is 1690. The van der Waals surface area contributed by atoms with Crippen molar-refractivity contribution in [3.05, 3.63) is 65.6 Å². The van der Waals surface area contributed by atoms with Gasteiger partial charge in [-0.15, -0.1) is 0 Å². The van der Waals surface area contributed by atoms with Gasteiger partial charge in [-0.05, 0) is 74.4 Å². The fourth-order valence-electron chi connectivity index (χ4n) is 6.52. The zero-order valence-electron chi connectivity index (χ0n) is 21.0. The Balaban J connectivity index is 1.33. The summed E-state index contributed by atoms with van der Waals surface area (Å²) in [4.78, 5) is 25.8. The molecule has 0 radical (unpaired) electrons. The Kier molecular flexibility index (Phi) is 5.17. The van der Waals surface area contributed by atoms with Crippen molar-refractivity contribution in [2.45, 2.75) is 37.6 Å². The highest BCUT2D eigenvalue weighted by atomic mass is 35.5. The summed E-state index contributed by atoms with van der Waals surface area (Å²) >= 11 is 6.52. The first-order valence-corrected chi connectivity index (χ1v) is 14.0. The third-order valence-electron chi connectivity index (χ3n) is 8.55. The number of halogens is 1. The number of nitrogens with zero attached hydrogens (tertiary/aromatic N) is 5. The molecular formula is C30H28ClN7. The first kappa shape index (κ1) is 22.4. The lowest BCUT2D eigenvalue weighted by atomic mass is 9.94. The predicted octanol–water partition coefficient (Wildman–Crippen LogP) is 5.95. The van der Waals surface area contributed by atoms with Crippen molar-refractivity contribution in [1.29, 1.82) is 0 Å². The minimum Gasteiger partial charge on any atom is -0.353 e. The van der Waals surface area contributed by atoms with E-state index in [0.717, 1.165) is 71.1 Å². The molecule has 2 aliphatic heterocycles. The number of fused-ring (bicyclic) bond motifs is 3. The van der Waals surface area contributed by atoms with E-state index >= 15 is 0 Å². The van der Waals surface area contributed by atoms with Crippen LogP contribution >= 0.6 is 11.6 Å². The third kappa shape index (κ3) is 3.60. The molecule has 1 unspecified atom stereocenters. The molecule has 1 aliphatic carbocycles. The molecule has 2 saturated heterocycles. The van der Waals surface area contributed by atoms with Crippen LogP contribution in [-0.2, 0) is 0 Å². The molecule has 8 heteroatoms. The summed E-state index contributed by atoms with van der Waals surface area (Å²) in [7, 11) is 0. The average Bonchev–Trinajstić information content (AvgIpc) is 3.56. The number of hydrogen-bond acceptors (Lipinski definition) is 6. The van der Waals surface area contributed by atoms with E-state index in [1.54, 1.807) is 0 Å². The van der Waals surface area contributed by atoms with Gasteiger partial charge in [0.25, 0.3) is 0 Å². The number of aromatic amines is 1. The van der Waals surface area contributed by atoms with E-state index in [2.05, 4.69) is 37.4 Å². The summed E-state index contributed by atoms with van der Waals surface area (Å²) in [6.45, 7) is 3.18. The summed E-state index contributed by atoms with van der Waals surface area (Å²) in [5, 5.41) is 6.48. The van der Waals surface area contributed by atoms with E-state index in [4.69, 9.17) is 21.6 Å². The van der Waals surface area contributed by atoms with Gasteiger partial charge in [0.2, 0.25) is 0 Å². The summed E-state index contributed by atoms with van der Waals surface area (Å²) in [6.07, 6.45) is 10.6. The van der Waals surface area contributed by atoms with Crippen LogP contribution in [0.25, 0.3) is 44.6 Å². The topological polar surface area (TPSA) is 82.6 Å². The van der Waals surface area contributed by atoms with Crippen LogP contribution in [0.3, 0.4) is 0 Å². The minimum atomic E-state index is 0.513. The van der Waals surface area contributed by atoms with Gasteiger partial charge < -0.3 is 15.2 Å². The summed E-state index contributed by atoms with van der Waals surface area (Å²) in [5.74, 6) is 3.03. The van der Waals surface area contributed by atoms with Crippen molar-refractivity contribution in [1.82, 2.24) is 30.2 Å². The number of aromatic nitrogens is 5. The summed E-state index contributed by atoms with van der Waals surface area (Å²) in [5.41, 5.74) is 5.88. The van der Waals surface area contributed by atoms with Crippen LogP contribution in [-0.4, -0.2) is 50.6 Å². The molecule has 0 bridgehead atoms. The lowest BCUT2D eigenvalue weighted by molar-refractivity contribution is 0.360. The third-order valence-corrected chi connectivity index (χ3v) is 8.88. The lowest BCUT2D eigenvalue weighted by Crippen LogP contribution is -2.44. The second-order valence-electron chi connectivity index (χ2n) is 10.9. The maximum Gasteiger partial charge on any atom is 0.163 e. The van der Waals surface area contributed by atoms with Crippen LogP contribution in [0.4, 0.5) is 5.82 Å². The van der Waals surface area contributed by atoms with Gasteiger partial charge in [0.15, 0.2) is 5.82 Å². The Morgan fingerprint density at radius 3 is 2.79 bits per heavy atom. The van der Waals surface area contributed by atoms with Gasteiger partial charge in [0.05, 0.1) is 11.7 Å². The standard InChI is InChI=1S/C30H28ClN7/c31-23-4-2-1-3-20(23)24-13-21-19(7-11-34-28(21)35-24)29-36-25-16-33-15-22(17-5-6-17)27(25)30(37-29)38-12-9-18-14-32-10-8-26(18)38/h1-4,7,11,13,15-18,26,32H,5-6,8-10,12,14H2,(H,34,35)/t18-,26?/m1/s1. The Morgan fingerprint density at radius 1 is 0.974 bits per heavy atom.